The average molecular weight is 324 g/mol. The predicted octanol–water partition coefficient (Wildman–Crippen LogP) is 1.97. The lowest BCUT2D eigenvalue weighted by molar-refractivity contribution is 0.0952. The maximum Gasteiger partial charge on any atom is 0.275 e. The molecule has 0 bridgehead atoms. The molecular weight excluding hydrogens is 312 g/mol. The number of para-hydroxylation sites is 1. The van der Waals surface area contributed by atoms with Crippen LogP contribution in [-0.2, 0) is 0 Å². The van der Waals surface area contributed by atoms with Crippen LogP contribution >= 0.6 is 0 Å². The van der Waals surface area contributed by atoms with E-state index in [1.807, 2.05) is 0 Å². The van der Waals surface area contributed by atoms with Crippen molar-refractivity contribution in [2.24, 2.45) is 5.10 Å². The summed E-state index contributed by atoms with van der Waals surface area (Å²) >= 11 is 0. The van der Waals surface area contributed by atoms with Crippen LogP contribution in [0.4, 0.5) is 0 Å². The van der Waals surface area contributed by atoms with Gasteiger partial charge in [0.2, 0.25) is 5.43 Å². The van der Waals surface area contributed by atoms with Crippen molar-refractivity contribution in [1.82, 2.24) is 5.43 Å². The van der Waals surface area contributed by atoms with Gasteiger partial charge in [-0.25, -0.2) is 5.43 Å². The highest BCUT2D eigenvalue weighted by atomic mass is 16.3. The molecule has 7 heteroatoms. The highest BCUT2D eigenvalue weighted by molar-refractivity contribution is 5.97. The number of rotatable bonds is 3. The number of nitrogens with one attached hydrogen (secondary N) is 1. The number of phenolic OH excluding ortho intramolecular Hbond substituents is 2. The fourth-order valence-corrected chi connectivity index (χ4v) is 2.11. The van der Waals surface area contributed by atoms with Gasteiger partial charge in [0.25, 0.3) is 5.91 Å². The van der Waals surface area contributed by atoms with Gasteiger partial charge in [-0.05, 0) is 30.3 Å². The molecule has 1 aromatic heterocycles. The van der Waals surface area contributed by atoms with Gasteiger partial charge in [0.1, 0.15) is 23.3 Å². The van der Waals surface area contributed by atoms with Gasteiger partial charge >= 0.3 is 0 Å². The van der Waals surface area contributed by atoms with E-state index in [4.69, 9.17) is 4.42 Å². The third-order valence-electron chi connectivity index (χ3n) is 3.30. The van der Waals surface area contributed by atoms with E-state index in [0.717, 1.165) is 6.21 Å². The number of carbonyl (C=O) groups excluding carboxylic acids is 1. The summed E-state index contributed by atoms with van der Waals surface area (Å²) in [5.74, 6) is -0.852. The number of amides is 1. The van der Waals surface area contributed by atoms with Gasteiger partial charge in [0.05, 0.1) is 22.7 Å². The van der Waals surface area contributed by atoms with Crippen molar-refractivity contribution in [3.8, 4) is 11.5 Å². The Labute approximate surface area is 135 Å². The lowest BCUT2D eigenvalue weighted by atomic mass is 10.2. The zero-order valence-electron chi connectivity index (χ0n) is 12.3. The zero-order valence-corrected chi connectivity index (χ0v) is 12.3. The Morgan fingerprint density at radius 3 is 2.75 bits per heavy atom. The second-order valence-electron chi connectivity index (χ2n) is 4.92. The molecule has 120 valence electrons. The van der Waals surface area contributed by atoms with Gasteiger partial charge in [-0.15, -0.1) is 0 Å². The number of phenols is 2. The van der Waals surface area contributed by atoms with Crippen LogP contribution in [0.15, 0.2) is 63.0 Å². The fourth-order valence-electron chi connectivity index (χ4n) is 2.11. The average Bonchev–Trinajstić information content (AvgIpc) is 2.57. The van der Waals surface area contributed by atoms with Gasteiger partial charge in [0.15, 0.2) is 0 Å². The molecular formula is C17H12N2O5. The van der Waals surface area contributed by atoms with Crippen molar-refractivity contribution in [1.29, 1.82) is 0 Å². The SMILES string of the molecule is O=C(N/N=C/c1coc2ccc(O)cc2c1=O)c1ccccc1O. The van der Waals surface area contributed by atoms with E-state index in [-0.39, 0.29) is 28.0 Å². The molecule has 3 rings (SSSR count). The van der Waals surface area contributed by atoms with E-state index >= 15 is 0 Å². The summed E-state index contributed by atoms with van der Waals surface area (Å²) in [4.78, 5) is 24.1. The highest BCUT2D eigenvalue weighted by Crippen LogP contribution is 2.17. The van der Waals surface area contributed by atoms with E-state index in [1.54, 1.807) is 12.1 Å². The Bertz CT molecular complexity index is 1010. The number of fused-ring (bicyclic) bond motifs is 1. The predicted molar refractivity (Wildman–Crippen MR) is 87.3 cm³/mol. The number of hydrogen-bond acceptors (Lipinski definition) is 6. The lowest BCUT2D eigenvalue weighted by Crippen LogP contribution is -2.18. The molecule has 24 heavy (non-hydrogen) atoms. The van der Waals surface area contributed by atoms with Crippen LogP contribution in [0.25, 0.3) is 11.0 Å². The first-order valence-corrected chi connectivity index (χ1v) is 6.92. The second-order valence-corrected chi connectivity index (χ2v) is 4.92. The van der Waals surface area contributed by atoms with Crippen LogP contribution in [0.5, 0.6) is 11.5 Å². The Kier molecular flexibility index (Phi) is 3.98. The maximum atomic E-state index is 12.3. The van der Waals surface area contributed by atoms with Gasteiger partial charge < -0.3 is 14.6 Å². The summed E-state index contributed by atoms with van der Waals surface area (Å²) in [7, 11) is 0. The number of carbonyl (C=O) groups is 1. The maximum absolute atomic E-state index is 12.3. The molecule has 1 heterocycles. The molecule has 0 atom stereocenters. The summed E-state index contributed by atoms with van der Waals surface area (Å²) in [5.41, 5.74) is 2.31. The van der Waals surface area contributed by atoms with E-state index < -0.39 is 11.3 Å². The van der Waals surface area contributed by atoms with E-state index in [1.165, 1.54) is 36.6 Å². The van der Waals surface area contributed by atoms with Crippen LogP contribution < -0.4 is 10.9 Å². The zero-order chi connectivity index (χ0) is 17.1. The summed E-state index contributed by atoms with van der Waals surface area (Å²) < 4.78 is 5.28. The lowest BCUT2D eigenvalue weighted by Gasteiger charge is -2.02. The highest BCUT2D eigenvalue weighted by Gasteiger charge is 2.09. The number of hydrazone groups is 1. The van der Waals surface area contributed by atoms with Crippen molar-refractivity contribution in [3.63, 3.8) is 0 Å². The molecule has 3 aromatic rings. The van der Waals surface area contributed by atoms with Crippen LogP contribution in [0.1, 0.15) is 15.9 Å². The Hall–Kier alpha value is -3.61. The van der Waals surface area contributed by atoms with Crippen LogP contribution in [0.2, 0.25) is 0 Å². The smallest absolute Gasteiger partial charge is 0.275 e. The monoisotopic (exact) mass is 324 g/mol. The summed E-state index contributed by atoms with van der Waals surface area (Å²) in [6.07, 6.45) is 2.34. The van der Waals surface area contributed by atoms with Crippen LogP contribution in [0.3, 0.4) is 0 Å². The topological polar surface area (TPSA) is 112 Å². The van der Waals surface area contributed by atoms with Crippen LogP contribution in [-0.4, -0.2) is 22.3 Å². The molecule has 2 aromatic carbocycles. The summed E-state index contributed by atoms with van der Waals surface area (Å²) in [6.45, 7) is 0. The number of benzene rings is 2. The number of hydrogen-bond donors (Lipinski definition) is 3. The summed E-state index contributed by atoms with van der Waals surface area (Å²) in [6, 6.07) is 10.2. The molecule has 0 unspecified atom stereocenters. The molecule has 0 saturated carbocycles. The molecule has 0 aliphatic carbocycles. The third-order valence-corrected chi connectivity index (χ3v) is 3.30. The molecule has 3 N–H and O–H groups in total. The first-order valence-electron chi connectivity index (χ1n) is 6.92. The number of nitrogens with zero attached hydrogens (tertiary/aromatic N) is 1. The Morgan fingerprint density at radius 2 is 1.96 bits per heavy atom. The summed E-state index contributed by atoms with van der Waals surface area (Å²) in [5, 5.41) is 22.9. The van der Waals surface area contributed by atoms with E-state index in [9.17, 15) is 19.8 Å². The Balaban J connectivity index is 1.84. The van der Waals surface area contributed by atoms with Gasteiger partial charge in [0, 0.05) is 0 Å². The molecule has 0 aliphatic rings. The van der Waals surface area contributed by atoms with Crippen molar-refractivity contribution in [2.75, 3.05) is 0 Å². The van der Waals surface area contributed by atoms with Crippen molar-refractivity contribution in [3.05, 3.63) is 70.1 Å². The Morgan fingerprint density at radius 1 is 1.17 bits per heavy atom. The standard InChI is InChI=1S/C17H12N2O5/c20-11-5-6-15-13(7-11)16(22)10(9-24-15)8-18-19-17(23)12-3-1-2-4-14(12)21/h1-9,20-21H,(H,19,23)/b18-8+. The first kappa shape index (κ1) is 15.3. The molecule has 0 spiro atoms. The normalized spacial score (nSPS) is 11.0. The molecule has 0 aliphatic heterocycles. The van der Waals surface area contributed by atoms with E-state index in [0.29, 0.717) is 5.58 Å². The molecule has 7 nitrogen and oxygen atoms in total. The largest absolute Gasteiger partial charge is 0.508 e. The molecule has 0 radical (unpaired) electrons. The first-order chi connectivity index (χ1) is 11.6. The van der Waals surface area contributed by atoms with Gasteiger partial charge in [-0.3, -0.25) is 9.59 Å². The molecule has 0 saturated heterocycles. The van der Waals surface area contributed by atoms with Crippen molar-refractivity contribution < 1.29 is 19.4 Å². The van der Waals surface area contributed by atoms with Crippen molar-refractivity contribution in [2.45, 2.75) is 0 Å². The van der Waals surface area contributed by atoms with Gasteiger partial charge in [-0.1, -0.05) is 12.1 Å². The minimum Gasteiger partial charge on any atom is -0.508 e. The number of aromatic hydroxyl groups is 2. The van der Waals surface area contributed by atoms with Crippen LogP contribution in [0, 0.1) is 0 Å². The third kappa shape index (κ3) is 2.95. The molecule has 1 amide bonds. The fraction of sp³-hybridized carbons (Fsp3) is 0. The van der Waals surface area contributed by atoms with Gasteiger partial charge in [-0.2, -0.15) is 5.10 Å². The molecule has 0 fully saturated rings. The van der Waals surface area contributed by atoms with E-state index in [2.05, 4.69) is 10.5 Å². The second kappa shape index (κ2) is 6.25. The van der Waals surface area contributed by atoms with Crippen molar-refractivity contribution >= 4 is 23.1 Å². The quantitative estimate of drug-likeness (QED) is 0.504. The minimum atomic E-state index is -0.618. The minimum absolute atomic E-state index is 0.0586.